The first-order chi connectivity index (χ1) is 6.77. The van der Waals surface area contributed by atoms with Gasteiger partial charge in [-0.15, -0.1) is 11.3 Å². The molecule has 2 N–H and O–H groups in total. The van der Waals surface area contributed by atoms with Crippen molar-refractivity contribution >= 4 is 22.4 Å². The molecule has 0 spiro atoms. The van der Waals surface area contributed by atoms with Crippen LogP contribution < -0.4 is 5.32 Å². The molecule has 0 saturated heterocycles. The van der Waals surface area contributed by atoms with Crippen molar-refractivity contribution in [2.75, 3.05) is 5.32 Å². The highest BCUT2D eigenvalue weighted by atomic mass is 32.1. The molecule has 0 fully saturated rings. The van der Waals surface area contributed by atoms with Crippen LogP contribution >= 0.6 is 11.3 Å². The van der Waals surface area contributed by atoms with Gasteiger partial charge < -0.3 is 10.4 Å². The third-order valence-corrected chi connectivity index (χ3v) is 2.47. The number of anilines is 1. The predicted octanol–water partition coefficient (Wildman–Crippen LogP) is 1.96. The van der Waals surface area contributed by atoms with E-state index in [1.54, 1.807) is 0 Å². The Balaban J connectivity index is 2.99. The molecule has 0 aliphatic heterocycles. The summed E-state index contributed by atoms with van der Waals surface area (Å²) in [5.74, 6) is -2.00. The number of halogens is 3. The van der Waals surface area contributed by atoms with E-state index in [0.717, 1.165) is 11.3 Å². The van der Waals surface area contributed by atoms with E-state index in [-0.39, 0.29) is 5.13 Å². The zero-order valence-corrected chi connectivity index (χ0v) is 8.32. The van der Waals surface area contributed by atoms with Crippen LogP contribution in [0.5, 0.6) is 0 Å². The molecule has 1 aromatic rings. The summed E-state index contributed by atoms with van der Waals surface area (Å²) in [5.41, 5.74) is -3.02. The molecule has 84 valence electrons. The van der Waals surface area contributed by atoms with Gasteiger partial charge in [0, 0.05) is 11.6 Å². The predicted molar refractivity (Wildman–Crippen MR) is 47.8 cm³/mol. The summed E-state index contributed by atoms with van der Waals surface area (Å²) in [6.45, 7) is 0.552. The normalized spacial score (nSPS) is 15.7. The van der Waals surface area contributed by atoms with E-state index in [0.29, 0.717) is 6.92 Å². The van der Waals surface area contributed by atoms with E-state index < -0.39 is 17.7 Å². The first kappa shape index (κ1) is 11.8. The van der Waals surface area contributed by atoms with Crippen LogP contribution in [0.25, 0.3) is 0 Å². The summed E-state index contributed by atoms with van der Waals surface area (Å²) in [6, 6.07) is 0. The molecule has 1 aromatic heterocycles. The maximum absolute atomic E-state index is 12.5. The van der Waals surface area contributed by atoms with Crippen molar-refractivity contribution in [2.45, 2.75) is 18.6 Å². The summed E-state index contributed by atoms with van der Waals surface area (Å²) in [6.07, 6.45) is -3.61. The summed E-state index contributed by atoms with van der Waals surface area (Å²) in [5, 5.41) is 11.8. The lowest BCUT2D eigenvalue weighted by Crippen LogP contribution is -2.55. The van der Waals surface area contributed by atoms with Gasteiger partial charge in [-0.2, -0.15) is 13.2 Å². The number of hydrogen-bond acceptors (Lipinski definition) is 4. The van der Waals surface area contributed by atoms with Gasteiger partial charge in [0.15, 0.2) is 5.13 Å². The number of alkyl halides is 3. The van der Waals surface area contributed by atoms with Crippen LogP contribution in [0.1, 0.15) is 6.92 Å². The first-order valence-electron chi connectivity index (χ1n) is 3.75. The number of aromatic nitrogens is 1. The molecule has 1 heterocycles. The SMILES string of the molecule is CC(Nc1nccs1)(C(=O)O)C(F)(F)F. The molecule has 1 unspecified atom stereocenters. The van der Waals surface area contributed by atoms with Crippen LogP contribution in [-0.2, 0) is 4.79 Å². The minimum Gasteiger partial charge on any atom is -0.479 e. The van der Waals surface area contributed by atoms with Crippen molar-refractivity contribution in [1.82, 2.24) is 4.98 Å². The van der Waals surface area contributed by atoms with Crippen molar-refractivity contribution in [3.63, 3.8) is 0 Å². The standard InChI is InChI=1S/C7H7F3N2O2S/c1-6(4(13)14,7(8,9)10)12-5-11-2-3-15-5/h2-3H,1H3,(H,11,12)(H,13,14). The van der Waals surface area contributed by atoms with Gasteiger partial charge in [0.05, 0.1) is 0 Å². The Bertz CT molecular complexity index is 352. The number of hydrogen-bond donors (Lipinski definition) is 2. The second kappa shape index (κ2) is 3.69. The van der Waals surface area contributed by atoms with Gasteiger partial charge in [-0.25, -0.2) is 9.78 Å². The molecule has 4 nitrogen and oxygen atoms in total. The molecule has 0 bridgehead atoms. The second-order valence-electron chi connectivity index (χ2n) is 2.89. The smallest absolute Gasteiger partial charge is 0.422 e. The van der Waals surface area contributed by atoms with E-state index in [2.05, 4.69) is 4.98 Å². The Morgan fingerprint density at radius 1 is 1.60 bits per heavy atom. The van der Waals surface area contributed by atoms with Gasteiger partial charge in [-0.3, -0.25) is 0 Å². The Morgan fingerprint density at radius 3 is 2.53 bits per heavy atom. The number of carboxylic acid groups (broad SMARTS) is 1. The molecule has 1 rings (SSSR count). The highest BCUT2D eigenvalue weighted by Crippen LogP contribution is 2.34. The maximum atomic E-state index is 12.5. The lowest BCUT2D eigenvalue weighted by Gasteiger charge is -2.28. The molecule has 0 radical (unpaired) electrons. The topological polar surface area (TPSA) is 62.2 Å². The van der Waals surface area contributed by atoms with Crippen molar-refractivity contribution < 1.29 is 23.1 Å². The molecule has 0 aromatic carbocycles. The van der Waals surface area contributed by atoms with Crippen LogP contribution in [0, 0.1) is 0 Å². The van der Waals surface area contributed by atoms with Gasteiger partial charge >= 0.3 is 12.1 Å². The van der Waals surface area contributed by atoms with Crippen LogP contribution in [0.4, 0.5) is 18.3 Å². The third-order valence-electron chi connectivity index (χ3n) is 1.78. The van der Waals surface area contributed by atoms with Crippen molar-refractivity contribution in [3.05, 3.63) is 11.6 Å². The molecule has 8 heteroatoms. The molecule has 0 amide bonds. The highest BCUT2D eigenvalue weighted by molar-refractivity contribution is 7.13. The van der Waals surface area contributed by atoms with E-state index in [4.69, 9.17) is 5.11 Å². The zero-order chi connectivity index (χ0) is 11.7. The Hall–Kier alpha value is -1.31. The summed E-state index contributed by atoms with van der Waals surface area (Å²) in [4.78, 5) is 14.1. The monoisotopic (exact) mass is 240 g/mol. The number of thiazole rings is 1. The number of carboxylic acids is 1. The molecule has 0 aliphatic carbocycles. The van der Waals surface area contributed by atoms with Crippen LogP contribution in [0.3, 0.4) is 0 Å². The molecule has 0 aliphatic rings. The van der Waals surface area contributed by atoms with Crippen LogP contribution in [-0.4, -0.2) is 27.8 Å². The Labute approximate surface area is 86.8 Å². The van der Waals surface area contributed by atoms with Crippen LogP contribution in [0.15, 0.2) is 11.6 Å². The fourth-order valence-electron chi connectivity index (χ4n) is 0.745. The average molecular weight is 240 g/mol. The largest absolute Gasteiger partial charge is 0.479 e. The maximum Gasteiger partial charge on any atom is 0.422 e. The number of carbonyl (C=O) groups is 1. The van der Waals surface area contributed by atoms with Gasteiger partial charge in [0.2, 0.25) is 5.54 Å². The highest BCUT2D eigenvalue weighted by Gasteiger charge is 2.58. The number of nitrogens with one attached hydrogen (secondary N) is 1. The fraction of sp³-hybridized carbons (Fsp3) is 0.429. The number of rotatable bonds is 3. The molecule has 1 atom stereocenters. The van der Waals surface area contributed by atoms with Gasteiger partial charge in [0.25, 0.3) is 0 Å². The average Bonchev–Trinajstić information content (AvgIpc) is 2.54. The lowest BCUT2D eigenvalue weighted by atomic mass is 10.0. The van der Waals surface area contributed by atoms with Crippen LogP contribution in [0.2, 0.25) is 0 Å². The number of nitrogens with zero attached hydrogens (tertiary/aromatic N) is 1. The Morgan fingerprint density at radius 2 is 2.20 bits per heavy atom. The fourth-order valence-corrected chi connectivity index (χ4v) is 1.38. The summed E-state index contributed by atoms with van der Waals surface area (Å²) in [7, 11) is 0. The van der Waals surface area contributed by atoms with E-state index in [9.17, 15) is 18.0 Å². The lowest BCUT2D eigenvalue weighted by molar-refractivity contribution is -0.192. The minimum atomic E-state index is -4.90. The number of aliphatic carboxylic acids is 1. The Kier molecular flexibility index (Phi) is 2.89. The molecular formula is C7H7F3N2O2S. The quantitative estimate of drug-likeness (QED) is 0.847. The summed E-state index contributed by atoms with van der Waals surface area (Å²) >= 11 is 0.898. The van der Waals surface area contributed by atoms with Gasteiger partial charge in [-0.05, 0) is 6.92 Å². The van der Waals surface area contributed by atoms with Gasteiger partial charge in [-0.1, -0.05) is 0 Å². The minimum absolute atomic E-state index is 0.0859. The van der Waals surface area contributed by atoms with E-state index in [1.807, 2.05) is 5.32 Å². The summed E-state index contributed by atoms with van der Waals surface area (Å²) < 4.78 is 37.4. The van der Waals surface area contributed by atoms with Crippen molar-refractivity contribution in [2.24, 2.45) is 0 Å². The van der Waals surface area contributed by atoms with Crippen molar-refractivity contribution in [1.29, 1.82) is 0 Å². The zero-order valence-electron chi connectivity index (χ0n) is 7.50. The second-order valence-corrected chi connectivity index (χ2v) is 3.78. The molecule has 0 saturated carbocycles. The van der Waals surface area contributed by atoms with Crippen molar-refractivity contribution in [3.8, 4) is 0 Å². The molecule has 15 heavy (non-hydrogen) atoms. The third kappa shape index (κ3) is 2.20. The molecular weight excluding hydrogens is 233 g/mol. The van der Waals surface area contributed by atoms with E-state index in [1.165, 1.54) is 11.6 Å². The first-order valence-corrected chi connectivity index (χ1v) is 4.63. The van der Waals surface area contributed by atoms with Gasteiger partial charge in [0.1, 0.15) is 0 Å². The van der Waals surface area contributed by atoms with E-state index >= 15 is 0 Å².